The fourth-order valence-corrected chi connectivity index (χ4v) is 2.14. The SMILES string of the molecule is CCc1ccc(CCc2c(C(=O)O)[nH]c(=O)[nH]c2=O)cc1.NCCO. The number of nitrogens with two attached hydrogens (primary N) is 1. The van der Waals surface area contributed by atoms with Gasteiger partial charge >= 0.3 is 11.7 Å². The number of aliphatic hydroxyl groups is 1. The van der Waals surface area contributed by atoms with Crippen LogP contribution in [0.2, 0.25) is 0 Å². The number of carboxylic acid groups (broad SMARTS) is 1. The van der Waals surface area contributed by atoms with E-state index in [0.717, 1.165) is 12.0 Å². The summed E-state index contributed by atoms with van der Waals surface area (Å²) in [5.41, 5.74) is 5.28. The van der Waals surface area contributed by atoms with E-state index < -0.39 is 17.2 Å². The molecule has 0 bridgehead atoms. The Balaban J connectivity index is 0.000000705. The number of rotatable bonds is 6. The molecule has 0 saturated heterocycles. The summed E-state index contributed by atoms with van der Waals surface area (Å²) in [4.78, 5) is 38.2. The van der Waals surface area contributed by atoms with Crippen LogP contribution in [0.25, 0.3) is 0 Å². The fourth-order valence-electron chi connectivity index (χ4n) is 2.14. The third kappa shape index (κ3) is 6.36. The summed E-state index contributed by atoms with van der Waals surface area (Å²) in [6.45, 7) is 2.54. The van der Waals surface area contributed by atoms with E-state index in [1.165, 1.54) is 5.56 Å². The first-order valence-corrected chi connectivity index (χ1v) is 7.90. The van der Waals surface area contributed by atoms with Gasteiger partial charge in [0.05, 0.1) is 6.61 Å². The minimum Gasteiger partial charge on any atom is -0.477 e. The van der Waals surface area contributed by atoms with E-state index in [4.69, 9.17) is 15.9 Å². The summed E-state index contributed by atoms with van der Waals surface area (Å²) in [5.74, 6) is -1.31. The number of aryl methyl sites for hydroxylation is 2. The molecule has 2 rings (SSSR count). The Morgan fingerprint density at radius 3 is 2.12 bits per heavy atom. The molecule has 1 aromatic carbocycles. The van der Waals surface area contributed by atoms with Gasteiger partial charge in [0.2, 0.25) is 0 Å². The standard InChI is InChI=1S/C15H16N2O4.C2H7NO/c1-2-9-3-5-10(6-4-9)7-8-11-12(14(19)20)16-15(21)17-13(11)18;3-1-2-4/h3-6H,2,7-8H2,1H3,(H,19,20)(H2,16,17,18,21);4H,1-3H2. The van der Waals surface area contributed by atoms with Gasteiger partial charge in [-0.25, -0.2) is 9.59 Å². The molecule has 0 atom stereocenters. The summed E-state index contributed by atoms with van der Waals surface area (Å²) >= 11 is 0. The number of benzene rings is 1. The Morgan fingerprint density at radius 1 is 1.08 bits per heavy atom. The molecule has 0 aliphatic carbocycles. The molecule has 0 saturated carbocycles. The molecular weight excluding hydrogens is 326 g/mol. The van der Waals surface area contributed by atoms with Crippen LogP contribution in [0.1, 0.15) is 34.1 Å². The topological polar surface area (TPSA) is 149 Å². The van der Waals surface area contributed by atoms with Crippen molar-refractivity contribution in [3.8, 4) is 0 Å². The normalized spacial score (nSPS) is 10.0. The first kappa shape index (κ1) is 20.3. The van der Waals surface area contributed by atoms with E-state index in [0.29, 0.717) is 13.0 Å². The van der Waals surface area contributed by atoms with Crippen molar-refractivity contribution in [2.75, 3.05) is 13.2 Å². The Labute approximate surface area is 144 Å². The van der Waals surface area contributed by atoms with Gasteiger partial charge in [0.25, 0.3) is 5.56 Å². The minimum absolute atomic E-state index is 0.0849. The second kappa shape index (κ2) is 10.2. The predicted molar refractivity (Wildman–Crippen MR) is 94.0 cm³/mol. The molecule has 8 heteroatoms. The van der Waals surface area contributed by atoms with Gasteiger partial charge in [-0.3, -0.25) is 9.78 Å². The number of H-pyrrole nitrogens is 2. The van der Waals surface area contributed by atoms with Crippen LogP contribution >= 0.6 is 0 Å². The van der Waals surface area contributed by atoms with E-state index in [2.05, 4.69) is 16.9 Å². The second-order valence-corrected chi connectivity index (χ2v) is 5.25. The summed E-state index contributed by atoms with van der Waals surface area (Å²) in [6.07, 6.45) is 1.72. The highest BCUT2D eigenvalue weighted by atomic mass is 16.4. The average molecular weight is 349 g/mol. The zero-order valence-corrected chi connectivity index (χ0v) is 14.0. The predicted octanol–water partition coefficient (Wildman–Crippen LogP) is 0.0464. The monoisotopic (exact) mass is 349 g/mol. The van der Waals surface area contributed by atoms with Crippen molar-refractivity contribution in [1.82, 2.24) is 9.97 Å². The Kier molecular flexibility index (Phi) is 8.31. The van der Waals surface area contributed by atoms with Gasteiger partial charge in [0.15, 0.2) is 0 Å². The molecule has 0 radical (unpaired) electrons. The summed E-state index contributed by atoms with van der Waals surface area (Å²) in [6, 6.07) is 7.92. The van der Waals surface area contributed by atoms with Crippen molar-refractivity contribution in [1.29, 1.82) is 0 Å². The molecule has 1 heterocycles. The van der Waals surface area contributed by atoms with Gasteiger partial charge in [-0.15, -0.1) is 0 Å². The highest BCUT2D eigenvalue weighted by molar-refractivity contribution is 5.86. The lowest BCUT2D eigenvalue weighted by molar-refractivity contribution is 0.0688. The van der Waals surface area contributed by atoms with Crippen LogP contribution in [0.5, 0.6) is 0 Å². The Bertz CT molecular complexity index is 791. The number of hydrogen-bond acceptors (Lipinski definition) is 5. The highest BCUT2D eigenvalue weighted by Gasteiger charge is 2.15. The molecule has 6 N–H and O–H groups in total. The molecular formula is C17H23N3O5. The Hall–Kier alpha value is -2.71. The molecule has 8 nitrogen and oxygen atoms in total. The maximum atomic E-state index is 11.7. The maximum Gasteiger partial charge on any atom is 0.352 e. The van der Waals surface area contributed by atoms with Crippen LogP contribution in [-0.4, -0.2) is 39.3 Å². The van der Waals surface area contributed by atoms with Gasteiger partial charge in [0, 0.05) is 12.1 Å². The lowest BCUT2D eigenvalue weighted by atomic mass is 10.0. The molecule has 0 fully saturated rings. The minimum atomic E-state index is -1.31. The third-order valence-corrected chi connectivity index (χ3v) is 3.48. The van der Waals surface area contributed by atoms with E-state index >= 15 is 0 Å². The van der Waals surface area contributed by atoms with Gasteiger partial charge in [-0.05, 0) is 30.4 Å². The van der Waals surface area contributed by atoms with Gasteiger partial charge in [-0.1, -0.05) is 31.2 Å². The number of aromatic amines is 2. The van der Waals surface area contributed by atoms with Crippen molar-refractivity contribution < 1.29 is 15.0 Å². The molecule has 136 valence electrons. The molecule has 0 spiro atoms. The van der Waals surface area contributed by atoms with Crippen molar-refractivity contribution in [3.63, 3.8) is 0 Å². The van der Waals surface area contributed by atoms with Crippen LogP contribution in [0.4, 0.5) is 0 Å². The van der Waals surface area contributed by atoms with E-state index in [1.54, 1.807) is 0 Å². The number of carboxylic acids is 1. The third-order valence-electron chi connectivity index (χ3n) is 3.48. The van der Waals surface area contributed by atoms with E-state index in [9.17, 15) is 14.4 Å². The van der Waals surface area contributed by atoms with E-state index in [-0.39, 0.29) is 24.3 Å². The second-order valence-electron chi connectivity index (χ2n) is 5.25. The number of aromatic carboxylic acids is 1. The zero-order chi connectivity index (χ0) is 18.8. The first-order chi connectivity index (χ1) is 11.9. The lowest BCUT2D eigenvalue weighted by Gasteiger charge is -2.05. The molecule has 2 aromatic rings. The number of aliphatic hydroxyl groups excluding tert-OH is 1. The largest absolute Gasteiger partial charge is 0.477 e. The summed E-state index contributed by atoms with van der Waals surface area (Å²) in [5, 5.41) is 16.8. The average Bonchev–Trinajstić information content (AvgIpc) is 2.61. The van der Waals surface area contributed by atoms with Crippen molar-refractivity contribution in [2.24, 2.45) is 5.73 Å². The van der Waals surface area contributed by atoms with Gasteiger partial charge < -0.3 is 20.9 Å². The molecule has 1 aromatic heterocycles. The Morgan fingerprint density at radius 2 is 1.64 bits per heavy atom. The summed E-state index contributed by atoms with van der Waals surface area (Å²) < 4.78 is 0. The van der Waals surface area contributed by atoms with Gasteiger partial charge in [0.1, 0.15) is 5.69 Å². The van der Waals surface area contributed by atoms with Crippen LogP contribution in [0.3, 0.4) is 0 Å². The number of hydrogen-bond donors (Lipinski definition) is 5. The van der Waals surface area contributed by atoms with Crippen LogP contribution in [0, 0.1) is 0 Å². The molecule has 0 aliphatic heterocycles. The van der Waals surface area contributed by atoms with Crippen LogP contribution in [0.15, 0.2) is 33.9 Å². The van der Waals surface area contributed by atoms with Crippen LogP contribution in [-0.2, 0) is 19.3 Å². The summed E-state index contributed by atoms with van der Waals surface area (Å²) in [7, 11) is 0. The van der Waals surface area contributed by atoms with Crippen molar-refractivity contribution in [2.45, 2.75) is 26.2 Å². The molecule has 25 heavy (non-hydrogen) atoms. The van der Waals surface area contributed by atoms with Crippen molar-refractivity contribution >= 4 is 5.97 Å². The van der Waals surface area contributed by atoms with Crippen LogP contribution < -0.4 is 17.0 Å². The number of carbonyl (C=O) groups is 1. The molecule has 0 aliphatic rings. The number of nitrogens with one attached hydrogen (secondary N) is 2. The van der Waals surface area contributed by atoms with Crippen molar-refractivity contribution in [3.05, 3.63) is 67.5 Å². The zero-order valence-electron chi connectivity index (χ0n) is 14.0. The first-order valence-electron chi connectivity index (χ1n) is 7.90. The number of aromatic nitrogens is 2. The molecule has 0 unspecified atom stereocenters. The fraction of sp³-hybridized carbons (Fsp3) is 0.353. The maximum absolute atomic E-state index is 11.7. The van der Waals surface area contributed by atoms with Gasteiger partial charge in [-0.2, -0.15) is 0 Å². The van der Waals surface area contributed by atoms with E-state index in [1.807, 2.05) is 24.3 Å². The smallest absolute Gasteiger partial charge is 0.352 e. The quantitative estimate of drug-likeness (QED) is 0.497. The lowest BCUT2D eigenvalue weighted by Crippen LogP contribution is -2.30. The highest BCUT2D eigenvalue weighted by Crippen LogP contribution is 2.09. The molecule has 0 amide bonds.